The number of rotatable bonds is 7. The first-order chi connectivity index (χ1) is 15.5. The minimum Gasteiger partial charge on any atom is -0.380 e. The Bertz CT molecular complexity index is 1210. The number of nitrogens with one attached hydrogen (secondary N) is 1. The number of thioether (sulfide) groups is 1. The van der Waals surface area contributed by atoms with Crippen LogP contribution in [-0.4, -0.2) is 31.5 Å². The summed E-state index contributed by atoms with van der Waals surface area (Å²) in [6.07, 6.45) is -0.943. The Morgan fingerprint density at radius 2 is 1.66 bits per heavy atom. The highest BCUT2D eigenvalue weighted by atomic mass is 32.2. The molecule has 1 amide bonds. The lowest BCUT2D eigenvalue weighted by Crippen LogP contribution is -2.16. The van der Waals surface area contributed by atoms with Gasteiger partial charge in [-0.1, -0.05) is 72.4 Å². The van der Waals surface area contributed by atoms with Gasteiger partial charge >= 0.3 is 0 Å². The van der Waals surface area contributed by atoms with E-state index < -0.39 is 6.10 Å². The summed E-state index contributed by atoms with van der Waals surface area (Å²) in [7, 11) is 0. The Labute approximate surface area is 191 Å². The molecule has 1 atom stereocenters. The van der Waals surface area contributed by atoms with Crippen LogP contribution in [-0.2, 0) is 4.79 Å². The second-order valence-electron chi connectivity index (χ2n) is 7.41. The maximum Gasteiger partial charge on any atom is 0.234 e. The van der Waals surface area contributed by atoms with Gasteiger partial charge in [-0.3, -0.25) is 9.36 Å². The predicted molar refractivity (Wildman–Crippen MR) is 127 cm³/mol. The third-order valence-corrected chi connectivity index (χ3v) is 6.17. The molecule has 0 spiro atoms. The van der Waals surface area contributed by atoms with Crippen molar-refractivity contribution in [2.24, 2.45) is 0 Å². The highest BCUT2D eigenvalue weighted by Gasteiger charge is 2.22. The van der Waals surface area contributed by atoms with E-state index in [4.69, 9.17) is 0 Å². The Kier molecular flexibility index (Phi) is 6.68. The number of aryl methyl sites for hydroxylation is 1. The molecule has 0 aliphatic heterocycles. The number of hydrogen-bond donors (Lipinski definition) is 2. The van der Waals surface area contributed by atoms with E-state index in [-0.39, 0.29) is 11.7 Å². The van der Waals surface area contributed by atoms with Crippen molar-refractivity contribution in [2.45, 2.75) is 25.1 Å². The molecule has 0 saturated heterocycles. The topological polar surface area (TPSA) is 80.0 Å². The smallest absolute Gasteiger partial charge is 0.234 e. The first-order valence-corrected chi connectivity index (χ1v) is 11.3. The van der Waals surface area contributed by atoms with Crippen LogP contribution in [0, 0.1) is 13.8 Å². The maximum absolute atomic E-state index is 12.6. The Balaban J connectivity index is 1.58. The minimum absolute atomic E-state index is 0.128. The number of carbonyl (C=O) groups excluding carboxylic acids is 1. The number of aliphatic hydroxyl groups is 1. The van der Waals surface area contributed by atoms with Crippen LogP contribution in [0.2, 0.25) is 0 Å². The lowest BCUT2D eigenvalue weighted by atomic mass is 10.1. The van der Waals surface area contributed by atoms with Gasteiger partial charge in [0.25, 0.3) is 0 Å². The van der Waals surface area contributed by atoms with Gasteiger partial charge in [-0.05, 0) is 48.7 Å². The number of anilines is 1. The van der Waals surface area contributed by atoms with Crippen molar-refractivity contribution in [3.63, 3.8) is 0 Å². The molecule has 162 valence electrons. The van der Waals surface area contributed by atoms with E-state index in [0.717, 1.165) is 28.1 Å². The number of aromatic nitrogens is 3. The summed E-state index contributed by atoms with van der Waals surface area (Å²) in [5.41, 5.74) is 4.52. The Morgan fingerprint density at radius 1 is 0.969 bits per heavy atom. The fraction of sp³-hybridized carbons (Fsp3) is 0.160. The largest absolute Gasteiger partial charge is 0.380 e. The summed E-state index contributed by atoms with van der Waals surface area (Å²) >= 11 is 1.28. The fourth-order valence-electron chi connectivity index (χ4n) is 3.36. The van der Waals surface area contributed by atoms with Crippen molar-refractivity contribution >= 4 is 23.4 Å². The van der Waals surface area contributed by atoms with Crippen LogP contribution < -0.4 is 5.32 Å². The van der Waals surface area contributed by atoms with Crippen molar-refractivity contribution in [1.29, 1.82) is 0 Å². The number of aliphatic hydroxyl groups excluding tert-OH is 1. The van der Waals surface area contributed by atoms with Gasteiger partial charge in [-0.2, -0.15) is 0 Å². The van der Waals surface area contributed by atoms with Crippen molar-refractivity contribution in [1.82, 2.24) is 14.8 Å². The standard InChI is InChI=1S/C25H24N4O2S/c1-17-10-9-15-21(18(17)2)26-22(30)16-32-25-28-27-24(23(31)19-11-5-3-6-12-19)29(25)20-13-7-4-8-14-20/h3-15,23,31H,16H2,1-2H3,(H,26,30)/t23-/m1/s1. The summed E-state index contributed by atoms with van der Waals surface area (Å²) in [6.45, 7) is 4.00. The summed E-state index contributed by atoms with van der Waals surface area (Å²) in [4.78, 5) is 12.6. The highest BCUT2D eigenvalue weighted by molar-refractivity contribution is 7.99. The van der Waals surface area contributed by atoms with Crippen LogP contribution in [0.15, 0.2) is 84.0 Å². The van der Waals surface area contributed by atoms with Gasteiger partial charge in [-0.15, -0.1) is 10.2 Å². The molecule has 2 N–H and O–H groups in total. The van der Waals surface area contributed by atoms with Crippen LogP contribution in [0.4, 0.5) is 5.69 Å². The fourth-order valence-corrected chi connectivity index (χ4v) is 4.12. The second kappa shape index (κ2) is 9.80. The maximum atomic E-state index is 12.6. The summed E-state index contributed by atoms with van der Waals surface area (Å²) in [6, 6.07) is 24.8. The molecule has 7 heteroatoms. The molecule has 32 heavy (non-hydrogen) atoms. The van der Waals surface area contributed by atoms with Crippen molar-refractivity contribution in [2.75, 3.05) is 11.1 Å². The van der Waals surface area contributed by atoms with Gasteiger partial charge in [0, 0.05) is 11.4 Å². The highest BCUT2D eigenvalue weighted by Crippen LogP contribution is 2.28. The summed E-state index contributed by atoms with van der Waals surface area (Å²) < 4.78 is 1.80. The third-order valence-electron chi connectivity index (χ3n) is 5.24. The third kappa shape index (κ3) is 4.74. The van der Waals surface area contributed by atoms with Crippen molar-refractivity contribution < 1.29 is 9.90 Å². The molecular formula is C25H24N4O2S. The molecule has 4 rings (SSSR count). The number of nitrogens with zero attached hydrogens (tertiary/aromatic N) is 3. The van der Waals surface area contributed by atoms with E-state index >= 15 is 0 Å². The van der Waals surface area contributed by atoms with Gasteiger partial charge < -0.3 is 10.4 Å². The first-order valence-electron chi connectivity index (χ1n) is 10.3. The first kappa shape index (κ1) is 21.8. The number of carbonyl (C=O) groups is 1. The molecule has 6 nitrogen and oxygen atoms in total. The molecule has 1 aromatic heterocycles. The molecule has 4 aromatic rings. The van der Waals surface area contributed by atoms with Gasteiger partial charge in [0.1, 0.15) is 6.10 Å². The summed E-state index contributed by atoms with van der Waals surface area (Å²) in [5, 5.41) is 23.0. The molecule has 0 saturated carbocycles. The molecule has 0 fully saturated rings. The predicted octanol–water partition coefficient (Wildman–Crippen LogP) is 4.70. The van der Waals surface area contributed by atoms with Gasteiger partial charge in [0.2, 0.25) is 5.91 Å². The molecule has 1 heterocycles. The second-order valence-corrected chi connectivity index (χ2v) is 8.35. The van der Waals surface area contributed by atoms with E-state index in [0.29, 0.717) is 11.0 Å². The lowest BCUT2D eigenvalue weighted by Gasteiger charge is -2.14. The van der Waals surface area contributed by atoms with E-state index in [1.54, 1.807) is 4.57 Å². The number of para-hydroxylation sites is 1. The Hall–Kier alpha value is -3.42. The van der Waals surface area contributed by atoms with Crippen molar-refractivity contribution in [3.05, 3.63) is 101 Å². The SMILES string of the molecule is Cc1cccc(NC(=O)CSc2nnc([C@H](O)c3ccccc3)n2-c2ccccc2)c1C. The zero-order chi connectivity index (χ0) is 22.5. The van der Waals surface area contributed by atoms with E-state index in [1.165, 1.54) is 11.8 Å². The zero-order valence-electron chi connectivity index (χ0n) is 17.9. The molecule has 0 radical (unpaired) electrons. The van der Waals surface area contributed by atoms with Gasteiger partial charge in [0.15, 0.2) is 11.0 Å². The Morgan fingerprint density at radius 3 is 2.38 bits per heavy atom. The van der Waals surface area contributed by atoms with Crippen LogP contribution in [0.1, 0.15) is 28.6 Å². The monoisotopic (exact) mass is 444 g/mol. The number of benzene rings is 3. The molecule has 0 bridgehead atoms. The quantitative estimate of drug-likeness (QED) is 0.404. The minimum atomic E-state index is -0.943. The van der Waals surface area contributed by atoms with Crippen molar-refractivity contribution in [3.8, 4) is 5.69 Å². The average molecular weight is 445 g/mol. The van der Waals surface area contributed by atoms with Crippen LogP contribution in [0.5, 0.6) is 0 Å². The molecular weight excluding hydrogens is 420 g/mol. The number of hydrogen-bond acceptors (Lipinski definition) is 5. The molecule has 0 unspecified atom stereocenters. The van der Waals surface area contributed by atoms with E-state index in [1.807, 2.05) is 92.7 Å². The molecule has 0 aliphatic carbocycles. The molecule has 3 aromatic carbocycles. The van der Waals surface area contributed by atoms with Gasteiger partial charge in [-0.25, -0.2) is 0 Å². The lowest BCUT2D eigenvalue weighted by molar-refractivity contribution is -0.113. The number of amides is 1. The van der Waals surface area contributed by atoms with Crippen LogP contribution in [0.3, 0.4) is 0 Å². The van der Waals surface area contributed by atoms with Crippen LogP contribution in [0.25, 0.3) is 5.69 Å². The summed E-state index contributed by atoms with van der Waals surface area (Å²) in [5.74, 6) is 0.441. The van der Waals surface area contributed by atoms with E-state index in [9.17, 15) is 9.90 Å². The average Bonchev–Trinajstić information content (AvgIpc) is 3.25. The normalized spacial score (nSPS) is 11.8. The van der Waals surface area contributed by atoms with Crippen LogP contribution >= 0.6 is 11.8 Å². The van der Waals surface area contributed by atoms with E-state index in [2.05, 4.69) is 15.5 Å². The van der Waals surface area contributed by atoms with Gasteiger partial charge in [0.05, 0.1) is 5.75 Å². The molecule has 0 aliphatic rings. The zero-order valence-corrected chi connectivity index (χ0v) is 18.7.